The highest BCUT2D eigenvalue weighted by molar-refractivity contribution is 6.35. The van der Waals surface area contributed by atoms with Crippen molar-refractivity contribution >= 4 is 23.2 Å². The maximum atomic E-state index is 13.4. The van der Waals surface area contributed by atoms with E-state index in [0.717, 1.165) is 0 Å². The van der Waals surface area contributed by atoms with Crippen molar-refractivity contribution in [2.24, 2.45) is 0 Å². The second kappa shape index (κ2) is 5.34. The van der Waals surface area contributed by atoms with E-state index in [1.54, 1.807) is 18.2 Å². The van der Waals surface area contributed by atoms with Gasteiger partial charge in [0.15, 0.2) is 0 Å². The summed E-state index contributed by atoms with van der Waals surface area (Å²) in [5.41, 5.74) is 1.21. The zero-order chi connectivity index (χ0) is 13.1. The highest BCUT2D eigenvalue weighted by Gasteiger charge is 2.10. The largest absolute Gasteiger partial charge is 0.249 e. The molecule has 0 saturated heterocycles. The van der Waals surface area contributed by atoms with Crippen LogP contribution in [0.15, 0.2) is 30.3 Å². The molecule has 0 fully saturated rings. The molecule has 0 aliphatic heterocycles. The average molecular weight is 281 g/mol. The van der Waals surface area contributed by atoms with Crippen LogP contribution in [0.2, 0.25) is 10.0 Å². The molecule has 0 amide bonds. The maximum Gasteiger partial charge on any atom is 0.145 e. The number of hydrogen-bond acceptors (Lipinski definition) is 2. The second-order valence-electron chi connectivity index (χ2n) is 3.58. The van der Waals surface area contributed by atoms with Gasteiger partial charge >= 0.3 is 0 Å². The summed E-state index contributed by atoms with van der Waals surface area (Å²) in [5.74, 6) is -0.501. The fourth-order valence-corrected chi connectivity index (χ4v) is 1.91. The summed E-state index contributed by atoms with van der Waals surface area (Å²) in [7, 11) is 0. The average Bonchev–Trinajstić information content (AvgIpc) is 2.35. The molecule has 0 aliphatic rings. The molecule has 0 unspecified atom stereocenters. The highest BCUT2D eigenvalue weighted by Crippen LogP contribution is 2.29. The van der Waals surface area contributed by atoms with Crippen molar-refractivity contribution in [2.75, 3.05) is 0 Å². The summed E-state index contributed by atoms with van der Waals surface area (Å²) in [6, 6.07) is 9.61. The molecule has 2 nitrogen and oxygen atoms in total. The Hall–Kier alpha value is -1.63. The minimum Gasteiger partial charge on any atom is -0.249 e. The molecule has 0 spiro atoms. The van der Waals surface area contributed by atoms with E-state index in [-0.39, 0.29) is 12.1 Å². The quantitative estimate of drug-likeness (QED) is 0.824. The first-order valence-corrected chi connectivity index (χ1v) is 5.85. The first kappa shape index (κ1) is 12.8. The Morgan fingerprint density at radius 3 is 2.72 bits per heavy atom. The van der Waals surface area contributed by atoms with Crippen LogP contribution in [-0.4, -0.2) is 4.98 Å². The van der Waals surface area contributed by atoms with Crippen LogP contribution < -0.4 is 0 Å². The number of benzene rings is 1. The minimum absolute atomic E-state index is 0.0855. The van der Waals surface area contributed by atoms with E-state index in [1.165, 1.54) is 12.1 Å². The molecule has 2 aromatic rings. The molecule has 0 N–H and O–H groups in total. The van der Waals surface area contributed by atoms with Gasteiger partial charge in [-0.25, -0.2) is 9.37 Å². The number of halogens is 3. The van der Waals surface area contributed by atoms with E-state index < -0.39 is 5.82 Å². The summed E-state index contributed by atoms with van der Waals surface area (Å²) in [5, 5.41) is 9.59. The lowest BCUT2D eigenvalue weighted by atomic mass is 10.1. The van der Waals surface area contributed by atoms with Gasteiger partial charge < -0.3 is 0 Å². The number of nitriles is 1. The van der Waals surface area contributed by atoms with Gasteiger partial charge in [0.25, 0.3) is 0 Å². The molecular formula is C13H7Cl2FN2. The van der Waals surface area contributed by atoms with Gasteiger partial charge in [0.2, 0.25) is 0 Å². The first-order chi connectivity index (χ1) is 8.61. The third kappa shape index (κ3) is 2.61. The molecule has 0 radical (unpaired) electrons. The van der Waals surface area contributed by atoms with Crippen molar-refractivity contribution in [3.63, 3.8) is 0 Å². The molecule has 0 aliphatic carbocycles. The van der Waals surface area contributed by atoms with Crippen molar-refractivity contribution in [3.05, 3.63) is 51.9 Å². The molecule has 5 heteroatoms. The van der Waals surface area contributed by atoms with E-state index in [1.807, 2.05) is 6.07 Å². The van der Waals surface area contributed by atoms with Crippen molar-refractivity contribution in [1.29, 1.82) is 5.26 Å². The van der Waals surface area contributed by atoms with Crippen LogP contribution in [0.1, 0.15) is 5.69 Å². The van der Waals surface area contributed by atoms with Gasteiger partial charge in [-0.3, -0.25) is 0 Å². The van der Waals surface area contributed by atoms with Crippen molar-refractivity contribution < 1.29 is 4.39 Å². The maximum absolute atomic E-state index is 13.4. The van der Waals surface area contributed by atoms with Gasteiger partial charge in [0.1, 0.15) is 5.82 Å². The predicted octanol–water partition coefficient (Wildman–Crippen LogP) is 4.26. The lowest BCUT2D eigenvalue weighted by molar-refractivity contribution is 0.606. The number of hydrogen-bond donors (Lipinski definition) is 0. The molecule has 18 heavy (non-hydrogen) atoms. The third-order valence-electron chi connectivity index (χ3n) is 2.37. The molecule has 1 heterocycles. The van der Waals surface area contributed by atoms with E-state index in [9.17, 15) is 4.39 Å². The third-order valence-corrected chi connectivity index (χ3v) is 2.93. The lowest BCUT2D eigenvalue weighted by Gasteiger charge is -2.06. The number of rotatable bonds is 2. The van der Waals surface area contributed by atoms with Gasteiger partial charge in [0, 0.05) is 10.6 Å². The zero-order valence-electron chi connectivity index (χ0n) is 9.12. The van der Waals surface area contributed by atoms with Gasteiger partial charge in [-0.1, -0.05) is 23.2 Å². The van der Waals surface area contributed by atoms with Gasteiger partial charge in [0.05, 0.1) is 28.9 Å². The lowest BCUT2D eigenvalue weighted by Crippen LogP contribution is -1.96. The Morgan fingerprint density at radius 1 is 1.22 bits per heavy atom. The molecule has 2 rings (SSSR count). The summed E-state index contributed by atoms with van der Waals surface area (Å²) >= 11 is 11.9. The predicted molar refractivity (Wildman–Crippen MR) is 69.0 cm³/mol. The summed E-state index contributed by atoms with van der Waals surface area (Å²) in [6.45, 7) is 0. The van der Waals surface area contributed by atoms with Gasteiger partial charge in [-0.15, -0.1) is 0 Å². The fourth-order valence-electron chi connectivity index (χ4n) is 1.53. The normalized spacial score (nSPS) is 10.1. The fraction of sp³-hybridized carbons (Fsp3) is 0.0769. The van der Waals surface area contributed by atoms with Crippen molar-refractivity contribution in [2.45, 2.75) is 6.42 Å². The van der Waals surface area contributed by atoms with Crippen LogP contribution in [-0.2, 0) is 6.42 Å². The first-order valence-electron chi connectivity index (χ1n) is 5.09. The number of nitrogens with zero attached hydrogens (tertiary/aromatic N) is 2. The Morgan fingerprint density at radius 2 is 2.00 bits per heavy atom. The summed E-state index contributed by atoms with van der Waals surface area (Å²) in [4.78, 5) is 4.09. The molecular weight excluding hydrogens is 274 g/mol. The number of aromatic nitrogens is 1. The number of pyridine rings is 1. The van der Waals surface area contributed by atoms with E-state index in [0.29, 0.717) is 21.3 Å². The molecule has 0 atom stereocenters. The van der Waals surface area contributed by atoms with Crippen LogP contribution in [0.25, 0.3) is 11.3 Å². The van der Waals surface area contributed by atoms with Gasteiger partial charge in [-0.05, 0) is 30.3 Å². The Balaban J connectivity index is 2.54. The second-order valence-corrected chi connectivity index (χ2v) is 4.43. The highest BCUT2D eigenvalue weighted by atomic mass is 35.5. The standard InChI is InChI=1S/C13H7Cl2FN2/c14-8-1-2-10(15)9(7-8)12-4-3-11(16)13(18-12)5-6-17/h1-4,7H,5H2. The van der Waals surface area contributed by atoms with Crippen LogP contribution in [0, 0.1) is 17.1 Å². The Bertz CT molecular complexity index is 635. The van der Waals surface area contributed by atoms with E-state index in [2.05, 4.69) is 4.98 Å². The molecule has 0 saturated carbocycles. The Kier molecular flexibility index (Phi) is 3.81. The van der Waals surface area contributed by atoms with Crippen LogP contribution in [0.3, 0.4) is 0 Å². The molecule has 0 bridgehead atoms. The van der Waals surface area contributed by atoms with Crippen molar-refractivity contribution in [1.82, 2.24) is 4.98 Å². The molecule has 1 aromatic carbocycles. The Labute approximate surface area is 114 Å². The van der Waals surface area contributed by atoms with Crippen LogP contribution in [0.5, 0.6) is 0 Å². The SMILES string of the molecule is N#CCc1nc(-c2cc(Cl)ccc2Cl)ccc1F. The summed E-state index contributed by atoms with van der Waals surface area (Å²) < 4.78 is 13.4. The minimum atomic E-state index is -0.501. The van der Waals surface area contributed by atoms with Crippen LogP contribution in [0.4, 0.5) is 4.39 Å². The van der Waals surface area contributed by atoms with Gasteiger partial charge in [-0.2, -0.15) is 5.26 Å². The zero-order valence-corrected chi connectivity index (χ0v) is 10.6. The van der Waals surface area contributed by atoms with Crippen LogP contribution >= 0.6 is 23.2 Å². The smallest absolute Gasteiger partial charge is 0.145 e. The topological polar surface area (TPSA) is 36.7 Å². The monoisotopic (exact) mass is 280 g/mol. The van der Waals surface area contributed by atoms with E-state index in [4.69, 9.17) is 28.5 Å². The molecule has 1 aromatic heterocycles. The summed E-state index contributed by atoms with van der Waals surface area (Å²) in [6.07, 6.45) is -0.0855. The van der Waals surface area contributed by atoms with E-state index >= 15 is 0 Å². The molecule has 90 valence electrons. The van der Waals surface area contributed by atoms with Crippen molar-refractivity contribution in [3.8, 4) is 17.3 Å².